The van der Waals surface area contributed by atoms with E-state index in [4.69, 9.17) is 18.0 Å². The number of nitrogens with two attached hydrogens (primary N) is 1. The number of nitrogens with zero attached hydrogens (tertiary/aromatic N) is 3. The van der Waals surface area contributed by atoms with Crippen LogP contribution in [0.2, 0.25) is 0 Å². The minimum atomic E-state index is -3.60. The molecule has 8 heteroatoms. The van der Waals surface area contributed by atoms with Crippen molar-refractivity contribution in [2.75, 3.05) is 32.7 Å². The Bertz CT molecular complexity index is 610. The summed E-state index contributed by atoms with van der Waals surface area (Å²) in [5.41, 5.74) is 5.75. The van der Waals surface area contributed by atoms with Gasteiger partial charge in [0.2, 0.25) is 10.0 Å². The predicted octanol–water partition coefficient (Wildman–Crippen LogP) is 0.432. The molecule has 1 fully saturated rings. The number of hydrogen-bond donors (Lipinski definition) is 1. The van der Waals surface area contributed by atoms with Crippen LogP contribution in [0.5, 0.6) is 0 Å². The van der Waals surface area contributed by atoms with E-state index in [0.717, 1.165) is 26.1 Å². The minimum Gasteiger partial charge on any atom is -0.388 e. The standard InChI is InChI=1S/C13H20N4O2S2/c1-2-6-16-7-9-17(10-8-16)21(18,19)11-4-3-5-15-12(11)13(14)20/h3-5H,2,6-10H2,1H3,(H2,14,20). The third-order valence-corrected chi connectivity index (χ3v) is 5.62. The molecule has 0 atom stereocenters. The van der Waals surface area contributed by atoms with Gasteiger partial charge in [0, 0.05) is 32.4 Å². The first kappa shape index (κ1) is 16.3. The van der Waals surface area contributed by atoms with Crippen LogP contribution in [0.25, 0.3) is 0 Å². The van der Waals surface area contributed by atoms with Crippen molar-refractivity contribution in [3.63, 3.8) is 0 Å². The van der Waals surface area contributed by atoms with E-state index in [1.807, 2.05) is 0 Å². The van der Waals surface area contributed by atoms with Gasteiger partial charge < -0.3 is 10.6 Å². The Morgan fingerprint density at radius 2 is 2.05 bits per heavy atom. The van der Waals surface area contributed by atoms with Gasteiger partial charge in [0.1, 0.15) is 15.6 Å². The molecule has 2 rings (SSSR count). The molecule has 6 nitrogen and oxygen atoms in total. The van der Waals surface area contributed by atoms with E-state index in [2.05, 4.69) is 16.8 Å². The van der Waals surface area contributed by atoms with Crippen molar-refractivity contribution in [3.05, 3.63) is 24.0 Å². The van der Waals surface area contributed by atoms with Gasteiger partial charge >= 0.3 is 0 Å². The maximum atomic E-state index is 12.7. The minimum absolute atomic E-state index is 0.00112. The van der Waals surface area contributed by atoms with Gasteiger partial charge in [-0.1, -0.05) is 19.1 Å². The number of thiocarbonyl (C=S) groups is 1. The molecular weight excluding hydrogens is 308 g/mol. The van der Waals surface area contributed by atoms with Gasteiger partial charge in [-0.15, -0.1) is 0 Å². The summed E-state index contributed by atoms with van der Waals surface area (Å²) in [7, 11) is -3.60. The Morgan fingerprint density at radius 1 is 1.38 bits per heavy atom. The fourth-order valence-corrected chi connectivity index (χ4v) is 4.24. The lowest BCUT2D eigenvalue weighted by atomic mass is 10.3. The highest BCUT2D eigenvalue weighted by atomic mass is 32.2. The van der Waals surface area contributed by atoms with Crippen molar-refractivity contribution in [2.45, 2.75) is 18.2 Å². The Labute approximate surface area is 131 Å². The first-order valence-corrected chi connectivity index (χ1v) is 8.79. The number of pyridine rings is 1. The van der Waals surface area contributed by atoms with Crippen LogP contribution in [0.3, 0.4) is 0 Å². The van der Waals surface area contributed by atoms with Crippen molar-refractivity contribution < 1.29 is 8.42 Å². The Hall–Kier alpha value is -1.09. The molecule has 1 aliphatic heterocycles. The maximum absolute atomic E-state index is 12.7. The average molecular weight is 328 g/mol. The Balaban J connectivity index is 2.22. The fourth-order valence-electron chi connectivity index (χ4n) is 2.43. The quantitative estimate of drug-likeness (QED) is 0.790. The molecule has 0 unspecified atom stereocenters. The molecule has 2 N–H and O–H groups in total. The largest absolute Gasteiger partial charge is 0.388 e. The molecule has 0 bridgehead atoms. The van der Waals surface area contributed by atoms with Gasteiger partial charge in [-0.3, -0.25) is 4.98 Å². The second-order valence-electron chi connectivity index (χ2n) is 4.96. The van der Waals surface area contributed by atoms with Crippen LogP contribution in [-0.2, 0) is 10.0 Å². The summed E-state index contributed by atoms with van der Waals surface area (Å²) in [6.07, 6.45) is 2.56. The lowest BCUT2D eigenvalue weighted by Gasteiger charge is -2.33. The zero-order chi connectivity index (χ0) is 15.5. The van der Waals surface area contributed by atoms with Crippen molar-refractivity contribution in [3.8, 4) is 0 Å². The summed E-state index contributed by atoms with van der Waals surface area (Å²) in [6.45, 7) is 5.57. The fraction of sp³-hybridized carbons (Fsp3) is 0.538. The highest BCUT2D eigenvalue weighted by Gasteiger charge is 2.30. The normalized spacial score (nSPS) is 17.8. The van der Waals surface area contributed by atoms with E-state index in [9.17, 15) is 8.42 Å². The van der Waals surface area contributed by atoms with Crippen molar-refractivity contribution in [1.29, 1.82) is 0 Å². The number of aromatic nitrogens is 1. The van der Waals surface area contributed by atoms with Crippen molar-refractivity contribution in [1.82, 2.24) is 14.2 Å². The van der Waals surface area contributed by atoms with Crippen LogP contribution in [0.15, 0.2) is 23.2 Å². The molecule has 1 aromatic rings. The van der Waals surface area contributed by atoms with Gasteiger partial charge in [-0.05, 0) is 25.1 Å². The van der Waals surface area contributed by atoms with E-state index in [1.54, 1.807) is 6.07 Å². The first-order chi connectivity index (χ1) is 9.96. The number of rotatable bonds is 5. The van der Waals surface area contributed by atoms with E-state index < -0.39 is 10.0 Å². The Kier molecular flexibility index (Phi) is 5.26. The molecule has 0 spiro atoms. The second kappa shape index (κ2) is 6.78. The molecule has 0 aliphatic carbocycles. The zero-order valence-electron chi connectivity index (χ0n) is 12.0. The van der Waals surface area contributed by atoms with Gasteiger partial charge in [0.05, 0.1) is 0 Å². The lowest BCUT2D eigenvalue weighted by Crippen LogP contribution is -2.48. The number of sulfonamides is 1. The maximum Gasteiger partial charge on any atom is 0.245 e. The van der Waals surface area contributed by atoms with Crippen LogP contribution in [-0.4, -0.2) is 60.3 Å². The molecule has 0 radical (unpaired) electrons. The molecule has 2 heterocycles. The molecule has 1 aliphatic rings. The van der Waals surface area contributed by atoms with Gasteiger partial charge in [0.25, 0.3) is 0 Å². The van der Waals surface area contributed by atoms with Crippen LogP contribution >= 0.6 is 12.2 Å². The first-order valence-electron chi connectivity index (χ1n) is 6.94. The monoisotopic (exact) mass is 328 g/mol. The summed E-state index contributed by atoms with van der Waals surface area (Å²) >= 11 is 4.90. The average Bonchev–Trinajstić information content (AvgIpc) is 2.48. The topological polar surface area (TPSA) is 79.5 Å². The highest BCUT2D eigenvalue weighted by Crippen LogP contribution is 2.20. The highest BCUT2D eigenvalue weighted by molar-refractivity contribution is 7.89. The molecule has 0 aromatic carbocycles. The molecule has 1 aromatic heterocycles. The van der Waals surface area contributed by atoms with E-state index in [0.29, 0.717) is 13.1 Å². The van der Waals surface area contributed by atoms with Gasteiger partial charge in [0.15, 0.2) is 0 Å². The summed E-state index contributed by atoms with van der Waals surface area (Å²) in [4.78, 5) is 6.37. The number of hydrogen-bond acceptors (Lipinski definition) is 5. The molecular formula is C13H20N4O2S2. The molecule has 0 saturated carbocycles. The summed E-state index contributed by atoms with van der Waals surface area (Å²) in [5.74, 6) is 0. The van der Waals surface area contributed by atoms with Crippen molar-refractivity contribution >= 4 is 27.2 Å². The molecule has 116 valence electrons. The summed E-state index contributed by atoms with van der Waals surface area (Å²) < 4.78 is 26.9. The molecule has 21 heavy (non-hydrogen) atoms. The van der Waals surface area contributed by atoms with Crippen molar-refractivity contribution in [2.24, 2.45) is 5.73 Å². The van der Waals surface area contributed by atoms with Crippen LogP contribution in [0.4, 0.5) is 0 Å². The predicted molar refractivity (Wildman–Crippen MR) is 85.6 cm³/mol. The second-order valence-corrected chi connectivity index (χ2v) is 7.31. The SMILES string of the molecule is CCCN1CCN(S(=O)(=O)c2cccnc2C(N)=S)CC1. The van der Waals surface area contributed by atoms with Gasteiger partial charge in [-0.2, -0.15) is 4.31 Å². The third-order valence-electron chi connectivity index (χ3n) is 3.49. The molecule has 0 amide bonds. The van der Waals surface area contributed by atoms with E-state index in [-0.39, 0.29) is 15.6 Å². The van der Waals surface area contributed by atoms with E-state index >= 15 is 0 Å². The summed E-state index contributed by atoms with van der Waals surface area (Å²) in [5, 5.41) is 0. The smallest absolute Gasteiger partial charge is 0.245 e. The third kappa shape index (κ3) is 3.57. The molecule has 1 saturated heterocycles. The summed E-state index contributed by atoms with van der Waals surface area (Å²) in [6, 6.07) is 3.09. The van der Waals surface area contributed by atoms with Crippen LogP contribution < -0.4 is 5.73 Å². The zero-order valence-corrected chi connectivity index (χ0v) is 13.7. The lowest BCUT2D eigenvalue weighted by molar-refractivity contribution is 0.188. The van der Waals surface area contributed by atoms with Crippen LogP contribution in [0.1, 0.15) is 19.0 Å². The van der Waals surface area contributed by atoms with Crippen LogP contribution in [0, 0.1) is 0 Å². The Morgan fingerprint density at radius 3 is 2.62 bits per heavy atom. The number of piperazine rings is 1. The van der Waals surface area contributed by atoms with E-state index in [1.165, 1.54) is 16.6 Å². The van der Waals surface area contributed by atoms with Gasteiger partial charge in [-0.25, -0.2) is 8.42 Å².